The molecule has 1 fully saturated rings. The number of hydrazone groups is 1. The Kier molecular flexibility index (Phi) is 9.17. The minimum atomic E-state index is -0.889. The van der Waals surface area contributed by atoms with Crippen LogP contribution in [0.5, 0.6) is 5.75 Å². The number of nitrogens with one attached hydrogen (secondary N) is 3. The van der Waals surface area contributed by atoms with Crippen LogP contribution in [-0.2, 0) is 19.1 Å². The SMILES string of the molecule is Cc1cccc(NC(=O)COc2ccc(Br)cc2/C=N\NC(=O)C(=O)NC[C@H]2CCCO2)c1C. The van der Waals surface area contributed by atoms with Gasteiger partial charge in [-0.05, 0) is 62.1 Å². The van der Waals surface area contributed by atoms with Gasteiger partial charge in [-0.3, -0.25) is 14.4 Å². The van der Waals surface area contributed by atoms with E-state index in [2.05, 4.69) is 37.1 Å². The smallest absolute Gasteiger partial charge is 0.329 e. The Hall–Kier alpha value is -3.24. The van der Waals surface area contributed by atoms with E-state index in [4.69, 9.17) is 9.47 Å². The van der Waals surface area contributed by atoms with Gasteiger partial charge in [-0.15, -0.1) is 0 Å². The lowest BCUT2D eigenvalue weighted by molar-refractivity contribution is -0.139. The van der Waals surface area contributed by atoms with E-state index in [0.717, 1.165) is 34.1 Å². The van der Waals surface area contributed by atoms with E-state index in [1.165, 1.54) is 6.21 Å². The molecule has 10 heteroatoms. The van der Waals surface area contributed by atoms with Gasteiger partial charge in [-0.1, -0.05) is 28.1 Å². The molecule has 180 valence electrons. The van der Waals surface area contributed by atoms with Crippen molar-refractivity contribution in [1.29, 1.82) is 0 Å². The van der Waals surface area contributed by atoms with Gasteiger partial charge in [-0.2, -0.15) is 5.10 Å². The Morgan fingerprint density at radius 2 is 2.03 bits per heavy atom. The van der Waals surface area contributed by atoms with Crippen molar-refractivity contribution in [2.75, 3.05) is 25.1 Å². The minimum absolute atomic E-state index is 0.0614. The molecule has 3 rings (SSSR count). The summed E-state index contributed by atoms with van der Waals surface area (Å²) in [6.07, 6.45) is 3.08. The third-order valence-corrected chi connectivity index (χ3v) is 5.79. The average molecular weight is 531 g/mol. The quantitative estimate of drug-likeness (QED) is 0.275. The highest BCUT2D eigenvalue weighted by Crippen LogP contribution is 2.22. The van der Waals surface area contributed by atoms with E-state index in [0.29, 0.717) is 17.9 Å². The van der Waals surface area contributed by atoms with Gasteiger partial charge < -0.3 is 20.1 Å². The van der Waals surface area contributed by atoms with Crippen molar-refractivity contribution in [2.45, 2.75) is 32.8 Å². The van der Waals surface area contributed by atoms with Crippen molar-refractivity contribution in [1.82, 2.24) is 10.7 Å². The summed E-state index contributed by atoms with van der Waals surface area (Å²) in [7, 11) is 0. The van der Waals surface area contributed by atoms with Crippen LogP contribution in [0.15, 0.2) is 46.0 Å². The fourth-order valence-corrected chi connectivity index (χ4v) is 3.65. The van der Waals surface area contributed by atoms with Crippen molar-refractivity contribution in [3.05, 3.63) is 57.6 Å². The summed E-state index contributed by atoms with van der Waals surface area (Å²) in [5.41, 5.74) is 5.49. The van der Waals surface area contributed by atoms with E-state index in [1.54, 1.807) is 18.2 Å². The van der Waals surface area contributed by atoms with Crippen molar-refractivity contribution in [2.24, 2.45) is 5.10 Å². The lowest BCUT2D eigenvalue weighted by Gasteiger charge is -2.12. The molecule has 0 aromatic heterocycles. The molecule has 0 radical (unpaired) electrons. The van der Waals surface area contributed by atoms with E-state index < -0.39 is 11.8 Å². The van der Waals surface area contributed by atoms with Crippen LogP contribution in [0.2, 0.25) is 0 Å². The molecule has 2 aromatic carbocycles. The number of aryl methyl sites for hydroxylation is 1. The van der Waals surface area contributed by atoms with E-state index in [-0.39, 0.29) is 25.2 Å². The summed E-state index contributed by atoms with van der Waals surface area (Å²) in [6.45, 7) is 4.65. The van der Waals surface area contributed by atoms with Gasteiger partial charge in [0.05, 0.1) is 12.3 Å². The van der Waals surface area contributed by atoms with Crippen molar-refractivity contribution in [3.63, 3.8) is 0 Å². The number of amides is 3. The van der Waals surface area contributed by atoms with Crippen LogP contribution < -0.4 is 20.8 Å². The molecule has 1 saturated heterocycles. The average Bonchev–Trinajstić information content (AvgIpc) is 3.33. The van der Waals surface area contributed by atoms with Crippen LogP contribution >= 0.6 is 15.9 Å². The van der Waals surface area contributed by atoms with Gasteiger partial charge in [-0.25, -0.2) is 5.43 Å². The molecule has 1 aliphatic heterocycles. The highest BCUT2D eigenvalue weighted by Gasteiger charge is 2.19. The standard InChI is InChI=1S/C24H27BrN4O5/c1-15-5-3-7-20(16(15)2)28-22(30)14-34-21-9-8-18(25)11-17(21)12-27-29-24(32)23(31)26-13-19-6-4-10-33-19/h3,5,7-9,11-12,19H,4,6,10,13-14H2,1-2H3,(H,26,31)(H,28,30)(H,29,32)/b27-12-/t19-/m1/s1. The monoisotopic (exact) mass is 530 g/mol. The van der Waals surface area contributed by atoms with Gasteiger partial charge in [0, 0.05) is 28.9 Å². The molecular weight excluding hydrogens is 504 g/mol. The predicted octanol–water partition coefficient (Wildman–Crippen LogP) is 2.83. The molecule has 9 nitrogen and oxygen atoms in total. The first-order valence-electron chi connectivity index (χ1n) is 10.8. The zero-order chi connectivity index (χ0) is 24.5. The molecule has 0 spiro atoms. The third-order valence-electron chi connectivity index (χ3n) is 5.30. The van der Waals surface area contributed by atoms with Crippen LogP contribution in [-0.4, -0.2) is 49.8 Å². The number of rotatable bonds is 8. The van der Waals surface area contributed by atoms with E-state index in [9.17, 15) is 14.4 Å². The fraction of sp³-hybridized carbons (Fsp3) is 0.333. The summed E-state index contributed by atoms with van der Waals surface area (Å²) in [5, 5.41) is 9.21. The second kappa shape index (κ2) is 12.3. The van der Waals surface area contributed by atoms with Gasteiger partial charge in [0.2, 0.25) is 0 Å². The Balaban J connectivity index is 1.53. The lowest BCUT2D eigenvalue weighted by atomic mass is 10.1. The Morgan fingerprint density at radius 1 is 1.21 bits per heavy atom. The lowest BCUT2D eigenvalue weighted by Crippen LogP contribution is -2.41. The van der Waals surface area contributed by atoms with Crippen molar-refractivity contribution < 1.29 is 23.9 Å². The van der Waals surface area contributed by atoms with E-state index >= 15 is 0 Å². The fourth-order valence-electron chi connectivity index (χ4n) is 3.27. The molecule has 1 aliphatic rings. The van der Waals surface area contributed by atoms with Crippen LogP contribution in [0.25, 0.3) is 0 Å². The topological polar surface area (TPSA) is 118 Å². The van der Waals surface area contributed by atoms with Crippen LogP contribution in [0.3, 0.4) is 0 Å². The second-order valence-corrected chi connectivity index (χ2v) is 8.73. The maximum atomic E-state index is 12.4. The zero-order valence-corrected chi connectivity index (χ0v) is 20.6. The summed E-state index contributed by atoms with van der Waals surface area (Å²) in [6, 6.07) is 10.8. The predicted molar refractivity (Wildman–Crippen MR) is 132 cm³/mol. The summed E-state index contributed by atoms with van der Waals surface area (Å²) >= 11 is 3.37. The van der Waals surface area contributed by atoms with Gasteiger partial charge >= 0.3 is 11.8 Å². The number of carbonyl (C=O) groups excluding carboxylic acids is 3. The maximum Gasteiger partial charge on any atom is 0.329 e. The largest absolute Gasteiger partial charge is 0.483 e. The number of nitrogens with zero attached hydrogens (tertiary/aromatic N) is 1. The van der Waals surface area contributed by atoms with Crippen LogP contribution in [0.4, 0.5) is 5.69 Å². The number of hydrogen-bond acceptors (Lipinski definition) is 6. The Labute approximate surface area is 206 Å². The van der Waals surface area contributed by atoms with Gasteiger partial charge in [0.1, 0.15) is 5.75 Å². The normalized spacial score (nSPS) is 15.2. The first kappa shape index (κ1) is 25.4. The van der Waals surface area contributed by atoms with Crippen LogP contribution in [0, 0.1) is 13.8 Å². The molecule has 3 amide bonds. The van der Waals surface area contributed by atoms with Crippen LogP contribution in [0.1, 0.15) is 29.5 Å². The zero-order valence-electron chi connectivity index (χ0n) is 19.0. The number of benzene rings is 2. The number of anilines is 1. The molecule has 0 unspecified atom stereocenters. The molecule has 0 saturated carbocycles. The number of halogens is 1. The number of hydrogen-bond donors (Lipinski definition) is 3. The molecule has 0 bridgehead atoms. The summed E-state index contributed by atoms with van der Waals surface area (Å²) in [5.74, 6) is -1.60. The number of ether oxygens (including phenoxy) is 2. The van der Waals surface area contributed by atoms with E-state index in [1.807, 2.05) is 32.0 Å². The highest BCUT2D eigenvalue weighted by molar-refractivity contribution is 9.10. The molecule has 3 N–H and O–H groups in total. The third kappa shape index (κ3) is 7.39. The number of carbonyl (C=O) groups is 3. The second-order valence-electron chi connectivity index (χ2n) is 7.81. The highest BCUT2D eigenvalue weighted by atomic mass is 79.9. The first-order valence-corrected chi connectivity index (χ1v) is 11.6. The van der Waals surface area contributed by atoms with Gasteiger partial charge in [0.25, 0.3) is 5.91 Å². The molecule has 1 atom stereocenters. The Morgan fingerprint density at radius 3 is 2.79 bits per heavy atom. The molecule has 34 heavy (non-hydrogen) atoms. The maximum absolute atomic E-state index is 12.4. The first-order chi connectivity index (χ1) is 16.3. The molecule has 2 aromatic rings. The Bertz CT molecular complexity index is 1080. The van der Waals surface area contributed by atoms with Crippen molar-refractivity contribution in [3.8, 4) is 5.75 Å². The van der Waals surface area contributed by atoms with Gasteiger partial charge in [0.15, 0.2) is 6.61 Å². The molecule has 0 aliphatic carbocycles. The minimum Gasteiger partial charge on any atom is -0.483 e. The summed E-state index contributed by atoms with van der Waals surface area (Å²) in [4.78, 5) is 36.2. The summed E-state index contributed by atoms with van der Waals surface area (Å²) < 4.78 is 11.8. The molecule has 1 heterocycles. The molecular formula is C24H27BrN4O5. The van der Waals surface area contributed by atoms with Crippen molar-refractivity contribution >= 4 is 45.6 Å².